The standard InChI is InChI=1S/C24H34FNO4S/c1-4-17(2)12-26-13-19-5-8-24(23(25)11-19)30-14-20-9-10-29-15-22(20)18(3)16-31(27,28)21-6-7-21/h4-5,8,11-12,18,20-22H,6-7,9-10,13-16H2,1-3H3. The van der Waals surface area contributed by atoms with Gasteiger partial charge in [-0.2, -0.15) is 0 Å². The Hall–Kier alpha value is -1.73. The second-order valence-electron chi connectivity index (χ2n) is 8.87. The molecule has 1 aromatic rings. The van der Waals surface area contributed by atoms with Crippen LogP contribution in [0.2, 0.25) is 0 Å². The van der Waals surface area contributed by atoms with Crippen molar-refractivity contribution < 1.29 is 22.3 Å². The minimum absolute atomic E-state index is 0.00906. The maximum Gasteiger partial charge on any atom is 0.165 e. The molecule has 0 bridgehead atoms. The first-order chi connectivity index (χ1) is 14.8. The molecular formula is C24H34FNO4S. The first-order valence-electron chi connectivity index (χ1n) is 11.1. The summed E-state index contributed by atoms with van der Waals surface area (Å²) in [7, 11) is -3.02. The molecule has 0 radical (unpaired) electrons. The van der Waals surface area contributed by atoms with Gasteiger partial charge in [-0.15, -0.1) is 0 Å². The Morgan fingerprint density at radius 2 is 2.13 bits per heavy atom. The number of rotatable bonds is 10. The van der Waals surface area contributed by atoms with E-state index in [-0.39, 0.29) is 34.5 Å². The summed E-state index contributed by atoms with van der Waals surface area (Å²) in [5.41, 5.74) is 1.85. The Morgan fingerprint density at radius 3 is 2.81 bits per heavy atom. The van der Waals surface area contributed by atoms with E-state index in [4.69, 9.17) is 9.47 Å². The van der Waals surface area contributed by atoms with Gasteiger partial charge in [0, 0.05) is 18.7 Å². The molecule has 1 aliphatic carbocycles. The number of sulfone groups is 1. The molecule has 7 heteroatoms. The fraction of sp³-hybridized carbons (Fsp3) is 0.625. The number of hydrogen-bond acceptors (Lipinski definition) is 5. The van der Waals surface area contributed by atoms with Crippen LogP contribution in [-0.4, -0.2) is 45.5 Å². The fourth-order valence-electron chi connectivity index (χ4n) is 4.02. The molecule has 2 aliphatic rings. The van der Waals surface area contributed by atoms with Crippen molar-refractivity contribution in [3.05, 3.63) is 41.2 Å². The van der Waals surface area contributed by atoms with Gasteiger partial charge < -0.3 is 9.47 Å². The molecule has 0 amide bonds. The number of hydrogen-bond donors (Lipinski definition) is 0. The summed E-state index contributed by atoms with van der Waals surface area (Å²) in [4.78, 5) is 4.31. The number of benzene rings is 1. The van der Waals surface area contributed by atoms with Gasteiger partial charge in [-0.05, 0) is 68.2 Å². The van der Waals surface area contributed by atoms with Crippen LogP contribution in [0, 0.1) is 23.6 Å². The largest absolute Gasteiger partial charge is 0.490 e. The lowest BCUT2D eigenvalue weighted by atomic mass is 9.81. The predicted molar refractivity (Wildman–Crippen MR) is 122 cm³/mol. The van der Waals surface area contributed by atoms with Crippen molar-refractivity contribution in [3.8, 4) is 5.75 Å². The quantitative estimate of drug-likeness (QED) is 0.488. The second kappa shape index (κ2) is 10.7. The van der Waals surface area contributed by atoms with Gasteiger partial charge in [0.15, 0.2) is 21.4 Å². The molecule has 0 N–H and O–H groups in total. The van der Waals surface area contributed by atoms with Gasteiger partial charge in [0.25, 0.3) is 0 Å². The molecule has 3 unspecified atom stereocenters. The molecule has 172 valence electrons. The van der Waals surface area contributed by atoms with Crippen molar-refractivity contribution in [2.24, 2.45) is 22.7 Å². The molecular weight excluding hydrogens is 417 g/mol. The Bertz CT molecular complexity index is 908. The summed E-state index contributed by atoms with van der Waals surface area (Å²) in [6.45, 7) is 7.82. The lowest BCUT2D eigenvalue weighted by molar-refractivity contribution is -0.0170. The average molecular weight is 452 g/mol. The van der Waals surface area contributed by atoms with Gasteiger partial charge in [0.2, 0.25) is 0 Å². The third-order valence-corrected chi connectivity index (χ3v) is 8.76. The van der Waals surface area contributed by atoms with E-state index < -0.39 is 15.7 Å². The van der Waals surface area contributed by atoms with Crippen LogP contribution in [0.5, 0.6) is 5.75 Å². The molecule has 1 heterocycles. The van der Waals surface area contributed by atoms with Crippen molar-refractivity contribution >= 4 is 16.1 Å². The SMILES string of the molecule is CC=C(C)C=NCc1ccc(OCC2CCOCC2C(C)CS(=O)(=O)C2CC2)c(F)c1. The summed E-state index contributed by atoms with van der Waals surface area (Å²) in [6, 6.07) is 4.94. The monoisotopic (exact) mass is 451 g/mol. The predicted octanol–water partition coefficient (Wildman–Crippen LogP) is 4.61. The molecule has 1 saturated carbocycles. The van der Waals surface area contributed by atoms with Crippen LogP contribution in [0.1, 0.15) is 45.6 Å². The number of nitrogens with zero attached hydrogens (tertiary/aromatic N) is 1. The summed E-state index contributed by atoms with van der Waals surface area (Å²) in [6.07, 6.45) is 6.11. The molecule has 1 aromatic carbocycles. The summed E-state index contributed by atoms with van der Waals surface area (Å²) >= 11 is 0. The van der Waals surface area contributed by atoms with Crippen LogP contribution >= 0.6 is 0 Å². The molecule has 1 saturated heterocycles. The molecule has 1 aliphatic heterocycles. The minimum Gasteiger partial charge on any atom is -0.490 e. The first-order valence-corrected chi connectivity index (χ1v) is 12.8. The second-order valence-corrected chi connectivity index (χ2v) is 11.2. The van der Waals surface area contributed by atoms with E-state index in [9.17, 15) is 12.8 Å². The zero-order valence-electron chi connectivity index (χ0n) is 18.7. The third-order valence-electron chi connectivity index (χ3n) is 6.28. The Kier molecular flexibility index (Phi) is 8.28. The van der Waals surface area contributed by atoms with Crippen LogP contribution in [-0.2, 0) is 21.1 Å². The fourth-order valence-corrected chi connectivity index (χ4v) is 6.13. The number of ether oxygens (including phenoxy) is 2. The number of aliphatic imine (C=N–C) groups is 1. The zero-order chi connectivity index (χ0) is 22.4. The summed E-state index contributed by atoms with van der Waals surface area (Å²) in [5, 5.41) is -0.145. The van der Waals surface area contributed by atoms with Crippen molar-refractivity contribution in [1.82, 2.24) is 0 Å². The Balaban J connectivity index is 1.57. The molecule has 3 rings (SSSR count). The van der Waals surface area contributed by atoms with Gasteiger partial charge in [0.1, 0.15) is 0 Å². The highest BCUT2D eigenvalue weighted by molar-refractivity contribution is 7.92. The zero-order valence-corrected chi connectivity index (χ0v) is 19.5. The molecule has 0 aromatic heterocycles. The van der Waals surface area contributed by atoms with Crippen LogP contribution < -0.4 is 4.74 Å². The number of allylic oxidation sites excluding steroid dienone is 2. The van der Waals surface area contributed by atoms with Crippen molar-refractivity contribution in [2.45, 2.75) is 51.8 Å². The highest BCUT2D eigenvalue weighted by atomic mass is 32.2. The van der Waals surface area contributed by atoms with Gasteiger partial charge in [0.05, 0.1) is 30.8 Å². The molecule has 0 spiro atoms. The highest BCUT2D eigenvalue weighted by Crippen LogP contribution is 2.35. The summed E-state index contributed by atoms with van der Waals surface area (Å²) < 4.78 is 50.8. The van der Waals surface area contributed by atoms with Crippen LogP contribution in [0.3, 0.4) is 0 Å². The van der Waals surface area contributed by atoms with E-state index in [1.165, 1.54) is 6.07 Å². The van der Waals surface area contributed by atoms with E-state index >= 15 is 0 Å². The molecule has 3 atom stereocenters. The van der Waals surface area contributed by atoms with Crippen molar-refractivity contribution in [1.29, 1.82) is 0 Å². The maximum atomic E-state index is 14.5. The topological polar surface area (TPSA) is 65.0 Å². The number of halogens is 1. The Labute approximate surface area is 185 Å². The average Bonchev–Trinajstić information content (AvgIpc) is 3.59. The van der Waals surface area contributed by atoms with E-state index in [1.54, 1.807) is 12.3 Å². The minimum atomic E-state index is -3.02. The van der Waals surface area contributed by atoms with E-state index in [2.05, 4.69) is 4.99 Å². The van der Waals surface area contributed by atoms with Gasteiger partial charge in [-0.25, -0.2) is 12.8 Å². The van der Waals surface area contributed by atoms with Crippen LogP contribution in [0.4, 0.5) is 4.39 Å². The third kappa shape index (κ3) is 6.88. The maximum absolute atomic E-state index is 14.5. The first kappa shape index (κ1) is 23.9. The van der Waals surface area contributed by atoms with Crippen molar-refractivity contribution in [3.63, 3.8) is 0 Å². The van der Waals surface area contributed by atoms with Gasteiger partial charge in [-0.3, -0.25) is 4.99 Å². The lowest BCUT2D eigenvalue weighted by Crippen LogP contribution is -2.38. The normalized spacial score (nSPS) is 23.8. The molecule has 5 nitrogen and oxygen atoms in total. The lowest BCUT2D eigenvalue weighted by Gasteiger charge is -2.35. The van der Waals surface area contributed by atoms with Crippen LogP contribution in [0.25, 0.3) is 0 Å². The summed E-state index contributed by atoms with van der Waals surface area (Å²) in [5.74, 6) is 0.243. The Morgan fingerprint density at radius 1 is 1.35 bits per heavy atom. The van der Waals surface area contributed by atoms with Gasteiger partial charge >= 0.3 is 0 Å². The van der Waals surface area contributed by atoms with Crippen molar-refractivity contribution in [2.75, 3.05) is 25.6 Å². The van der Waals surface area contributed by atoms with E-state index in [0.717, 1.165) is 30.4 Å². The van der Waals surface area contributed by atoms with E-state index in [1.807, 2.05) is 32.9 Å². The molecule has 31 heavy (non-hydrogen) atoms. The highest BCUT2D eigenvalue weighted by Gasteiger charge is 2.39. The smallest absolute Gasteiger partial charge is 0.165 e. The van der Waals surface area contributed by atoms with Crippen LogP contribution in [0.15, 0.2) is 34.8 Å². The van der Waals surface area contributed by atoms with E-state index in [0.29, 0.717) is 26.4 Å². The van der Waals surface area contributed by atoms with Gasteiger partial charge in [-0.1, -0.05) is 19.1 Å². The molecule has 2 fully saturated rings.